The van der Waals surface area contributed by atoms with Crippen molar-refractivity contribution in [2.75, 3.05) is 0 Å². The van der Waals surface area contributed by atoms with E-state index in [0.29, 0.717) is 0 Å². The molecule has 0 fully saturated rings. The van der Waals surface area contributed by atoms with Gasteiger partial charge in [-0.3, -0.25) is 9.59 Å². The molecule has 0 saturated heterocycles. The molecule has 0 radical (unpaired) electrons. The van der Waals surface area contributed by atoms with Gasteiger partial charge in [-0.25, -0.2) is 0 Å². The number of fused-ring (bicyclic) bond motifs is 5. The van der Waals surface area contributed by atoms with Crippen molar-refractivity contribution >= 4 is 75.4 Å². The minimum absolute atomic E-state index is 0.0682. The van der Waals surface area contributed by atoms with Crippen molar-refractivity contribution in [3.05, 3.63) is 105 Å². The molecule has 0 saturated carbocycles. The van der Waals surface area contributed by atoms with E-state index in [2.05, 4.69) is 12.1 Å². The van der Waals surface area contributed by atoms with E-state index in [-0.39, 0.29) is 10.9 Å². The van der Waals surface area contributed by atoms with E-state index in [0.717, 1.165) is 75.4 Å². The summed E-state index contributed by atoms with van der Waals surface area (Å²) < 4.78 is 0. The van der Waals surface area contributed by atoms with E-state index >= 15 is 0 Å². The fraction of sp³-hybridized carbons (Fsp3) is 0. The summed E-state index contributed by atoms with van der Waals surface area (Å²) in [6, 6.07) is 28.0. The lowest BCUT2D eigenvalue weighted by Crippen LogP contribution is -2.07. The van der Waals surface area contributed by atoms with Gasteiger partial charge in [-0.1, -0.05) is 72.8 Å². The second kappa shape index (κ2) is 5.30. The normalized spacial score (nSPS) is 12.6. The Morgan fingerprint density at radius 1 is 0.312 bits per heavy atom. The molecule has 146 valence electrons. The third kappa shape index (κ3) is 1.68. The molecule has 8 aromatic rings. The summed E-state index contributed by atoms with van der Waals surface area (Å²) in [5.74, 6) is 0. The Kier molecular flexibility index (Phi) is 2.71. The Morgan fingerprint density at radius 2 is 0.656 bits per heavy atom. The lowest BCUT2D eigenvalue weighted by atomic mass is 9.82. The largest absolute Gasteiger partial charge is 0.289 e. The van der Waals surface area contributed by atoms with Crippen LogP contribution in [0.15, 0.2) is 94.5 Å². The van der Waals surface area contributed by atoms with Crippen LogP contribution in [-0.4, -0.2) is 0 Å². The Labute approximate surface area is 180 Å². The molecule has 2 nitrogen and oxygen atoms in total. The first kappa shape index (κ1) is 16.4. The standard InChI is InChI=1S/C30H14O2/c31-29-19-7-3-1-5-17(19)25-26-18-6-2-4-8-20(18)30(32)22-14-12-16-10-9-15-11-13-21(29)27(25)23(15)24(16)28(22)26/h1-14H. The van der Waals surface area contributed by atoms with E-state index in [9.17, 15) is 9.59 Å². The Hall–Kier alpha value is -4.30. The first-order valence-electron chi connectivity index (χ1n) is 10.8. The lowest BCUT2D eigenvalue weighted by Gasteiger charge is -2.20. The van der Waals surface area contributed by atoms with Gasteiger partial charge in [-0.05, 0) is 55.2 Å². The van der Waals surface area contributed by atoms with Gasteiger partial charge < -0.3 is 0 Å². The van der Waals surface area contributed by atoms with Gasteiger partial charge >= 0.3 is 0 Å². The highest BCUT2D eigenvalue weighted by Crippen LogP contribution is 2.47. The summed E-state index contributed by atoms with van der Waals surface area (Å²) in [7, 11) is 0. The number of rotatable bonds is 0. The Morgan fingerprint density at radius 3 is 1.09 bits per heavy atom. The lowest BCUT2D eigenvalue weighted by molar-refractivity contribution is 1.72. The maximum atomic E-state index is 13.6. The minimum Gasteiger partial charge on any atom is -0.289 e. The van der Waals surface area contributed by atoms with Crippen LogP contribution < -0.4 is 10.9 Å². The highest BCUT2D eigenvalue weighted by molar-refractivity contribution is 6.46. The van der Waals surface area contributed by atoms with Crippen LogP contribution in [0.5, 0.6) is 0 Å². The second-order valence-corrected chi connectivity index (χ2v) is 8.74. The molecule has 8 aromatic carbocycles. The average Bonchev–Trinajstić information content (AvgIpc) is 2.85. The molecular formula is C30H14O2. The summed E-state index contributed by atoms with van der Waals surface area (Å²) in [5, 5.41) is 13.4. The predicted molar refractivity (Wildman–Crippen MR) is 135 cm³/mol. The van der Waals surface area contributed by atoms with Crippen molar-refractivity contribution < 1.29 is 0 Å². The molecule has 0 bridgehead atoms. The van der Waals surface area contributed by atoms with E-state index < -0.39 is 0 Å². The van der Waals surface area contributed by atoms with Crippen molar-refractivity contribution in [2.45, 2.75) is 0 Å². The molecule has 8 rings (SSSR count). The number of benzene rings is 8. The zero-order chi connectivity index (χ0) is 21.1. The van der Waals surface area contributed by atoms with E-state index in [1.807, 2.05) is 72.8 Å². The van der Waals surface area contributed by atoms with Crippen LogP contribution in [0.25, 0.3) is 75.4 Å². The van der Waals surface area contributed by atoms with Gasteiger partial charge in [0.1, 0.15) is 0 Å². The molecule has 0 N–H and O–H groups in total. The van der Waals surface area contributed by atoms with Crippen molar-refractivity contribution in [3.63, 3.8) is 0 Å². The van der Waals surface area contributed by atoms with Crippen molar-refractivity contribution in [1.29, 1.82) is 0 Å². The maximum absolute atomic E-state index is 13.6. The molecule has 0 unspecified atom stereocenters. The molecule has 0 aliphatic rings. The van der Waals surface area contributed by atoms with Crippen LogP contribution in [0.1, 0.15) is 0 Å². The van der Waals surface area contributed by atoms with Crippen LogP contribution in [-0.2, 0) is 0 Å². The number of hydrogen-bond acceptors (Lipinski definition) is 2. The first-order chi connectivity index (χ1) is 15.7. The Balaban J connectivity index is 1.97. The highest BCUT2D eigenvalue weighted by Gasteiger charge is 2.23. The molecule has 32 heavy (non-hydrogen) atoms. The van der Waals surface area contributed by atoms with Gasteiger partial charge in [-0.2, -0.15) is 0 Å². The summed E-state index contributed by atoms with van der Waals surface area (Å²) in [4.78, 5) is 27.1. The fourth-order valence-corrected chi connectivity index (χ4v) is 6.01. The van der Waals surface area contributed by atoms with Gasteiger partial charge in [0, 0.05) is 32.3 Å². The molecule has 0 heterocycles. The molecule has 0 aliphatic carbocycles. The summed E-state index contributed by atoms with van der Waals surface area (Å²) in [6.45, 7) is 0. The zero-order valence-corrected chi connectivity index (χ0v) is 16.9. The summed E-state index contributed by atoms with van der Waals surface area (Å²) in [5.41, 5.74) is 0.136. The molecular weight excluding hydrogens is 392 g/mol. The van der Waals surface area contributed by atoms with Crippen molar-refractivity contribution in [2.24, 2.45) is 0 Å². The minimum atomic E-state index is 0.0682. The van der Waals surface area contributed by atoms with Gasteiger partial charge in [0.05, 0.1) is 0 Å². The third-order valence-corrected chi connectivity index (χ3v) is 7.29. The number of hydrogen-bond donors (Lipinski definition) is 0. The van der Waals surface area contributed by atoms with Gasteiger partial charge in [0.25, 0.3) is 0 Å². The molecule has 0 spiro atoms. The highest BCUT2D eigenvalue weighted by atomic mass is 16.1. The molecule has 2 heteroatoms. The predicted octanol–water partition coefficient (Wildman–Crippen LogP) is 6.79. The zero-order valence-electron chi connectivity index (χ0n) is 16.9. The smallest absolute Gasteiger partial charge is 0.194 e. The Bertz CT molecular complexity index is 2020. The van der Waals surface area contributed by atoms with Crippen LogP contribution >= 0.6 is 0 Å². The van der Waals surface area contributed by atoms with Crippen LogP contribution in [0.3, 0.4) is 0 Å². The van der Waals surface area contributed by atoms with Gasteiger partial charge in [-0.15, -0.1) is 0 Å². The molecule has 0 aliphatic heterocycles. The third-order valence-electron chi connectivity index (χ3n) is 7.29. The molecule has 0 aromatic heterocycles. The summed E-state index contributed by atoms with van der Waals surface area (Å²) >= 11 is 0. The molecule has 0 amide bonds. The van der Waals surface area contributed by atoms with E-state index in [4.69, 9.17) is 0 Å². The topological polar surface area (TPSA) is 34.1 Å². The van der Waals surface area contributed by atoms with E-state index in [1.165, 1.54) is 0 Å². The average molecular weight is 406 g/mol. The monoisotopic (exact) mass is 406 g/mol. The van der Waals surface area contributed by atoms with Crippen molar-refractivity contribution in [3.8, 4) is 0 Å². The summed E-state index contributed by atoms with van der Waals surface area (Å²) in [6.07, 6.45) is 0. The van der Waals surface area contributed by atoms with Crippen LogP contribution in [0.2, 0.25) is 0 Å². The maximum Gasteiger partial charge on any atom is 0.194 e. The van der Waals surface area contributed by atoms with Crippen LogP contribution in [0.4, 0.5) is 0 Å². The first-order valence-corrected chi connectivity index (χ1v) is 10.8. The van der Waals surface area contributed by atoms with Crippen LogP contribution in [0, 0.1) is 0 Å². The van der Waals surface area contributed by atoms with Crippen molar-refractivity contribution in [1.82, 2.24) is 0 Å². The van der Waals surface area contributed by atoms with Gasteiger partial charge in [0.2, 0.25) is 0 Å². The second-order valence-electron chi connectivity index (χ2n) is 8.74. The van der Waals surface area contributed by atoms with Gasteiger partial charge in [0.15, 0.2) is 10.9 Å². The molecule has 0 atom stereocenters. The SMILES string of the molecule is O=c1c2ccccc2c2c3c1ccc1ccc4ccc5c(=O)c6ccccc6c2c5c4c13. The fourth-order valence-electron chi connectivity index (χ4n) is 6.01. The quantitative estimate of drug-likeness (QED) is 0.205. The van der Waals surface area contributed by atoms with E-state index in [1.54, 1.807) is 0 Å².